The minimum absolute atomic E-state index is 0.152. The molecule has 2 aliphatic rings. The van der Waals surface area contributed by atoms with Gasteiger partial charge in [0.25, 0.3) is 0 Å². The first-order chi connectivity index (χ1) is 14.0. The molecule has 2 N–H and O–H groups in total. The quantitative estimate of drug-likeness (QED) is 0.819. The normalized spacial score (nSPS) is 21.6. The van der Waals surface area contributed by atoms with Crippen molar-refractivity contribution >= 4 is 11.8 Å². The maximum atomic E-state index is 12.6. The van der Waals surface area contributed by atoms with Gasteiger partial charge < -0.3 is 15.4 Å². The summed E-state index contributed by atoms with van der Waals surface area (Å²) < 4.78 is 5.45. The topological polar surface area (TPSA) is 72.6 Å². The molecule has 1 atom stereocenters. The SMILES string of the molecule is COc1ccccc1-c1ccc(CC2(C(N)=O)CCN(C(=O)C3CCC3)C2)cc1. The van der Waals surface area contributed by atoms with Gasteiger partial charge in [0.1, 0.15) is 5.75 Å². The van der Waals surface area contributed by atoms with E-state index in [0.29, 0.717) is 25.9 Å². The number of hydrogen-bond donors (Lipinski definition) is 1. The molecule has 1 saturated heterocycles. The smallest absolute Gasteiger partial charge is 0.225 e. The number of carbonyl (C=O) groups excluding carboxylic acids is 2. The van der Waals surface area contributed by atoms with Crippen molar-refractivity contribution in [3.05, 3.63) is 54.1 Å². The molecule has 1 aliphatic heterocycles. The Morgan fingerprint density at radius 1 is 1.14 bits per heavy atom. The van der Waals surface area contributed by atoms with E-state index in [1.807, 2.05) is 53.4 Å². The van der Waals surface area contributed by atoms with Crippen molar-refractivity contribution in [2.24, 2.45) is 17.1 Å². The molecule has 1 unspecified atom stereocenters. The average Bonchev–Trinajstić information content (AvgIpc) is 3.13. The number of rotatable bonds is 6. The van der Waals surface area contributed by atoms with Crippen LogP contribution in [0.1, 0.15) is 31.2 Å². The minimum Gasteiger partial charge on any atom is -0.496 e. The van der Waals surface area contributed by atoms with Crippen LogP contribution in [0.15, 0.2) is 48.5 Å². The van der Waals surface area contributed by atoms with Crippen molar-refractivity contribution in [3.8, 4) is 16.9 Å². The zero-order valence-corrected chi connectivity index (χ0v) is 16.9. The van der Waals surface area contributed by atoms with Crippen LogP contribution < -0.4 is 10.5 Å². The predicted octanol–water partition coefficient (Wildman–Crippen LogP) is 3.41. The Labute approximate surface area is 171 Å². The number of likely N-dealkylation sites (tertiary alicyclic amines) is 1. The molecule has 2 aromatic carbocycles. The third kappa shape index (κ3) is 3.74. The van der Waals surface area contributed by atoms with Crippen LogP contribution in [0, 0.1) is 11.3 Å². The van der Waals surface area contributed by atoms with Crippen molar-refractivity contribution in [3.63, 3.8) is 0 Å². The third-order valence-corrected chi connectivity index (χ3v) is 6.56. The lowest BCUT2D eigenvalue weighted by Gasteiger charge is -2.31. The molecule has 2 aromatic rings. The van der Waals surface area contributed by atoms with Crippen molar-refractivity contribution in [2.45, 2.75) is 32.1 Å². The standard InChI is InChI=1S/C24H28N2O3/c1-29-21-8-3-2-7-20(21)18-11-9-17(10-12-18)15-24(23(25)28)13-14-26(16-24)22(27)19-5-4-6-19/h2-3,7-12,19H,4-6,13-16H2,1H3,(H2,25,28). The van der Waals surface area contributed by atoms with Crippen LogP contribution in [0.5, 0.6) is 5.75 Å². The summed E-state index contributed by atoms with van der Waals surface area (Å²) in [6.07, 6.45) is 4.27. The zero-order valence-electron chi connectivity index (χ0n) is 16.9. The Kier molecular flexibility index (Phi) is 5.31. The lowest BCUT2D eigenvalue weighted by atomic mass is 9.79. The molecule has 2 amide bonds. The third-order valence-electron chi connectivity index (χ3n) is 6.56. The van der Waals surface area contributed by atoms with Gasteiger partial charge in [-0.25, -0.2) is 0 Å². The van der Waals surface area contributed by atoms with Gasteiger partial charge >= 0.3 is 0 Å². The summed E-state index contributed by atoms with van der Waals surface area (Å²) in [5, 5.41) is 0. The molecule has 0 spiro atoms. The Bertz CT molecular complexity index is 905. The second kappa shape index (κ2) is 7.90. The Morgan fingerprint density at radius 3 is 2.48 bits per heavy atom. The second-order valence-electron chi connectivity index (χ2n) is 8.36. The summed E-state index contributed by atoms with van der Waals surface area (Å²) in [6, 6.07) is 16.1. The molecule has 152 valence electrons. The van der Waals surface area contributed by atoms with Crippen LogP contribution in [-0.2, 0) is 16.0 Å². The molecule has 0 radical (unpaired) electrons. The molecule has 1 saturated carbocycles. The van der Waals surface area contributed by atoms with E-state index < -0.39 is 5.41 Å². The number of amides is 2. The molecular weight excluding hydrogens is 364 g/mol. The number of carbonyl (C=O) groups is 2. The minimum atomic E-state index is -0.675. The van der Waals surface area contributed by atoms with E-state index in [2.05, 4.69) is 0 Å². The number of benzene rings is 2. The summed E-state index contributed by atoms with van der Waals surface area (Å²) in [7, 11) is 1.67. The molecule has 4 rings (SSSR count). The van der Waals surface area contributed by atoms with Crippen molar-refractivity contribution in [1.82, 2.24) is 4.90 Å². The number of para-hydroxylation sites is 1. The Balaban J connectivity index is 1.51. The van der Waals surface area contributed by atoms with Crippen LogP contribution in [0.2, 0.25) is 0 Å². The highest BCUT2D eigenvalue weighted by Crippen LogP contribution is 2.38. The van der Waals surface area contributed by atoms with Gasteiger partial charge in [0.15, 0.2) is 0 Å². The Hall–Kier alpha value is -2.82. The number of hydrogen-bond acceptors (Lipinski definition) is 3. The fraction of sp³-hybridized carbons (Fsp3) is 0.417. The van der Waals surface area contributed by atoms with Crippen molar-refractivity contribution in [1.29, 1.82) is 0 Å². The van der Waals surface area contributed by atoms with Gasteiger partial charge in [-0.15, -0.1) is 0 Å². The van der Waals surface area contributed by atoms with Crippen molar-refractivity contribution < 1.29 is 14.3 Å². The van der Waals surface area contributed by atoms with Crippen molar-refractivity contribution in [2.75, 3.05) is 20.2 Å². The van der Waals surface area contributed by atoms with Gasteiger partial charge in [-0.3, -0.25) is 9.59 Å². The Morgan fingerprint density at radius 2 is 1.86 bits per heavy atom. The number of primary amides is 1. The number of ether oxygens (including phenoxy) is 1. The molecule has 5 nitrogen and oxygen atoms in total. The van der Waals surface area contributed by atoms with Gasteiger partial charge in [-0.2, -0.15) is 0 Å². The van der Waals surface area contributed by atoms with Gasteiger partial charge in [0.05, 0.1) is 12.5 Å². The first-order valence-electron chi connectivity index (χ1n) is 10.3. The number of methoxy groups -OCH3 is 1. The first kappa shape index (κ1) is 19.5. The van der Waals surface area contributed by atoms with Gasteiger partial charge in [-0.1, -0.05) is 48.9 Å². The molecule has 2 fully saturated rings. The van der Waals surface area contributed by atoms with E-state index in [9.17, 15) is 9.59 Å². The summed E-state index contributed by atoms with van der Waals surface area (Å²) in [6.45, 7) is 1.06. The van der Waals surface area contributed by atoms with E-state index in [-0.39, 0.29) is 17.7 Å². The summed E-state index contributed by atoms with van der Waals surface area (Å²) >= 11 is 0. The lowest BCUT2D eigenvalue weighted by Crippen LogP contribution is -2.44. The van der Waals surface area contributed by atoms with Crippen LogP contribution in [0.25, 0.3) is 11.1 Å². The van der Waals surface area contributed by atoms with E-state index in [1.54, 1.807) is 7.11 Å². The van der Waals surface area contributed by atoms with Gasteiger partial charge in [0, 0.05) is 24.6 Å². The zero-order chi connectivity index (χ0) is 20.4. The lowest BCUT2D eigenvalue weighted by molar-refractivity contribution is -0.138. The maximum Gasteiger partial charge on any atom is 0.225 e. The number of nitrogens with two attached hydrogens (primary N) is 1. The fourth-order valence-electron chi connectivity index (χ4n) is 4.48. The van der Waals surface area contributed by atoms with E-state index in [1.165, 1.54) is 0 Å². The maximum absolute atomic E-state index is 12.6. The van der Waals surface area contributed by atoms with Crippen LogP contribution >= 0.6 is 0 Å². The summed E-state index contributed by atoms with van der Waals surface area (Å²) in [5.74, 6) is 0.870. The average molecular weight is 392 g/mol. The van der Waals surface area contributed by atoms with Crippen LogP contribution in [0.3, 0.4) is 0 Å². The predicted molar refractivity (Wildman–Crippen MR) is 112 cm³/mol. The molecule has 29 heavy (non-hydrogen) atoms. The second-order valence-corrected chi connectivity index (χ2v) is 8.36. The largest absolute Gasteiger partial charge is 0.496 e. The fourth-order valence-corrected chi connectivity index (χ4v) is 4.48. The van der Waals surface area contributed by atoms with E-state index in [0.717, 1.165) is 41.7 Å². The highest BCUT2D eigenvalue weighted by molar-refractivity contribution is 5.85. The molecular formula is C24H28N2O3. The van der Waals surface area contributed by atoms with Crippen LogP contribution in [-0.4, -0.2) is 36.9 Å². The molecule has 1 aliphatic carbocycles. The molecule has 5 heteroatoms. The van der Waals surface area contributed by atoms with E-state index >= 15 is 0 Å². The molecule has 1 heterocycles. The molecule has 0 aromatic heterocycles. The number of nitrogens with zero attached hydrogens (tertiary/aromatic N) is 1. The monoisotopic (exact) mass is 392 g/mol. The molecule has 0 bridgehead atoms. The van der Waals surface area contributed by atoms with Gasteiger partial charge in [-0.05, 0) is 42.9 Å². The highest BCUT2D eigenvalue weighted by atomic mass is 16.5. The van der Waals surface area contributed by atoms with E-state index in [4.69, 9.17) is 10.5 Å². The van der Waals surface area contributed by atoms with Crippen LogP contribution in [0.4, 0.5) is 0 Å². The summed E-state index contributed by atoms with van der Waals surface area (Å²) in [4.78, 5) is 26.9. The van der Waals surface area contributed by atoms with Gasteiger partial charge in [0.2, 0.25) is 11.8 Å². The summed E-state index contributed by atoms with van der Waals surface area (Å²) in [5.41, 5.74) is 8.31. The first-order valence-corrected chi connectivity index (χ1v) is 10.3. The highest BCUT2D eigenvalue weighted by Gasteiger charge is 2.46.